The molecule has 0 aromatic heterocycles. The summed E-state index contributed by atoms with van der Waals surface area (Å²) >= 11 is 0. The summed E-state index contributed by atoms with van der Waals surface area (Å²) in [6, 6.07) is 4.02. The number of methoxy groups -OCH3 is 1. The van der Waals surface area contributed by atoms with E-state index in [2.05, 4.69) is 26.8 Å². The highest BCUT2D eigenvalue weighted by atomic mass is 16.5. The van der Waals surface area contributed by atoms with Crippen LogP contribution in [-0.2, 0) is 5.41 Å². The molecular formula is C16H24O2. The predicted molar refractivity (Wildman–Crippen MR) is 74.4 cm³/mol. The van der Waals surface area contributed by atoms with Crippen molar-refractivity contribution >= 4 is 0 Å². The lowest BCUT2D eigenvalue weighted by atomic mass is 9.65. The molecule has 0 heterocycles. The van der Waals surface area contributed by atoms with Gasteiger partial charge in [-0.1, -0.05) is 27.2 Å². The maximum atomic E-state index is 10.1. The van der Waals surface area contributed by atoms with Crippen molar-refractivity contribution in [2.75, 3.05) is 7.11 Å². The topological polar surface area (TPSA) is 29.5 Å². The van der Waals surface area contributed by atoms with E-state index in [-0.39, 0.29) is 10.8 Å². The van der Waals surface area contributed by atoms with E-state index in [1.165, 1.54) is 24.8 Å². The Kier molecular flexibility index (Phi) is 3.08. The van der Waals surface area contributed by atoms with Gasteiger partial charge in [0.2, 0.25) is 0 Å². The number of phenols is 1. The molecule has 2 nitrogen and oxygen atoms in total. The summed E-state index contributed by atoms with van der Waals surface area (Å²) < 4.78 is 5.38. The summed E-state index contributed by atoms with van der Waals surface area (Å²) in [6.45, 7) is 8.84. The van der Waals surface area contributed by atoms with Gasteiger partial charge in [-0.05, 0) is 48.3 Å². The first-order chi connectivity index (χ1) is 8.32. The van der Waals surface area contributed by atoms with Gasteiger partial charge in [-0.25, -0.2) is 0 Å². The van der Waals surface area contributed by atoms with Gasteiger partial charge < -0.3 is 9.84 Å². The SMILES string of the molecule is COc1cc(C2(C)CCCC2(C)C)cc(O)c1C. The molecule has 0 aliphatic heterocycles. The van der Waals surface area contributed by atoms with Crippen LogP contribution in [0.1, 0.15) is 51.2 Å². The maximum Gasteiger partial charge on any atom is 0.125 e. The summed E-state index contributed by atoms with van der Waals surface area (Å²) in [6.07, 6.45) is 3.66. The molecule has 2 heteroatoms. The fourth-order valence-corrected chi connectivity index (χ4v) is 3.24. The third kappa shape index (κ3) is 1.79. The smallest absolute Gasteiger partial charge is 0.125 e. The highest BCUT2D eigenvalue weighted by molar-refractivity contribution is 5.49. The van der Waals surface area contributed by atoms with Crippen molar-refractivity contribution < 1.29 is 9.84 Å². The number of ether oxygens (including phenoxy) is 1. The molecule has 100 valence electrons. The zero-order valence-corrected chi connectivity index (χ0v) is 12.1. The Morgan fingerprint density at radius 1 is 1.17 bits per heavy atom. The Balaban J connectivity index is 2.55. The Morgan fingerprint density at radius 2 is 1.83 bits per heavy atom. The Bertz CT molecular complexity index is 462. The first-order valence-electron chi connectivity index (χ1n) is 6.70. The Hall–Kier alpha value is -1.18. The zero-order chi connectivity index (χ0) is 13.6. The van der Waals surface area contributed by atoms with Crippen LogP contribution < -0.4 is 4.74 Å². The quantitative estimate of drug-likeness (QED) is 0.851. The molecular weight excluding hydrogens is 224 g/mol. The third-order valence-corrected chi connectivity index (χ3v) is 5.16. The Labute approximate surface area is 110 Å². The summed E-state index contributed by atoms with van der Waals surface area (Å²) in [4.78, 5) is 0. The first-order valence-corrected chi connectivity index (χ1v) is 6.70. The molecule has 1 unspecified atom stereocenters. The molecule has 1 aromatic carbocycles. The van der Waals surface area contributed by atoms with Crippen LogP contribution in [0.3, 0.4) is 0 Å². The highest BCUT2D eigenvalue weighted by Gasteiger charge is 2.46. The van der Waals surface area contributed by atoms with Crippen LogP contribution in [-0.4, -0.2) is 12.2 Å². The van der Waals surface area contributed by atoms with Crippen molar-refractivity contribution in [3.8, 4) is 11.5 Å². The second-order valence-electron chi connectivity index (χ2n) is 6.39. The van der Waals surface area contributed by atoms with E-state index in [0.717, 1.165) is 11.3 Å². The molecule has 0 amide bonds. The monoisotopic (exact) mass is 248 g/mol. The van der Waals surface area contributed by atoms with E-state index < -0.39 is 0 Å². The van der Waals surface area contributed by atoms with E-state index in [1.54, 1.807) is 7.11 Å². The van der Waals surface area contributed by atoms with E-state index in [4.69, 9.17) is 4.74 Å². The zero-order valence-electron chi connectivity index (χ0n) is 12.1. The number of aromatic hydroxyl groups is 1. The van der Waals surface area contributed by atoms with Crippen molar-refractivity contribution in [2.24, 2.45) is 5.41 Å². The number of hydrogen-bond donors (Lipinski definition) is 1. The molecule has 1 atom stereocenters. The standard InChI is InChI=1S/C16H24O2/c1-11-13(17)9-12(10-14(11)18-5)16(4)8-6-7-15(16,2)3/h9-10,17H,6-8H2,1-5H3. The largest absolute Gasteiger partial charge is 0.508 e. The van der Waals surface area contributed by atoms with Crippen LogP contribution in [0.15, 0.2) is 12.1 Å². The summed E-state index contributed by atoms with van der Waals surface area (Å²) in [5.74, 6) is 1.13. The Morgan fingerprint density at radius 3 is 2.33 bits per heavy atom. The normalized spacial score (nSPS) is 26.3. The fraction of sp³-hybridized carbons (Fsp3) is 0.625. The fourth-order valence-electron chi connectivity index (χ4n) is 3.24. The van der Waals surface area contributed by atoms with Crippen molar-refractivity contribution in [1.29, 1.82) is 0 Å². The van der Waals surface area contributed by atoms with Gasteiger partial charge in [0.1, 0.15) is 11.5 Å². The molecule has 0 radical (unpaired) electrons. The van der Waals surface area contributed by atoms with Gasteiger partial charge in [-0.15, -0.1) is 0 Å². The number of rotatable bonds is 2. The molecule has 1 aliphatic rings. The first kappa shape index (κ1) is 13.3. The number of phenolic OH excluding ortho intramolecular Hbond substituents is 1. The molecule has 1 N–H and O–H groups in total. The molecule has 0 bridgehead atoms. The van der Waals surface area contributed by atoms with Crippen LogP contribution >= 0.6 is 0 Å². The van der Waals surface area contributed by atoms with Gasteiger partial charge in [0.25, 0.3) is 0 Å². The van der Waals surface area contributed by atoms with Gasteiger partial charge in [0.15, 0.2) is 0 Å². The molecule has 18 heavy (non-hydrogen) atoms. The van der Waals surface area contributed by atoms with Crippen LogP contribution in [0.2, 0.25) is 0 Å². The lowest BCUT2D eigenvalue weighted by Crippen LogP contribution is -2.34. The van der Waals surface area contributed by atoms with Gasteiger partial charge >= 0.3 is 0 Å². The van der Waals surface area contributed by atoms with E-state index >= 15 is 0 Å². The number of benzene rings is 1. The molecule has 1 saturated carbocycles. The van der Waals surface area contributed by atoms with Gasteiger partial charge in [0, 0.05) is 5.56 Å². The molecule has 1 aromatic rings. The minimum absolute atomic E-state index is 0.117. The second-order valence-corrected chi connectivity index (χ2v) is 6.39. The highest BCUT2D eigenvalue weighted by Crippen LogP contribution is 2.54. The molecule has 0 spiro atoms. The molecule has 2 rings (SSSR count). The summed E-state index contributed by atoms with van der Waals surface area (Å²) in [5, 5.41) is 10.1. The van der Waals surface area contributed by atoms with Crippen molar-refractivity contribution in [3.63, 3.8) is 0 Å². The number of hydrogen-bond acceptors (Lipinski definition) is 2. The van der Waals surface area contributed by atoms with E-state index in [9.17, 15) is 5.11 Å². The predicted octanol–water partition coefficient (Wildman–Crippen LogP) is 4.18. The lowest BCUT2D eigenvalue weighted by Gasteiger charge is -2.39. The van der Waals surface area contributed by atoms with Gasteiger partial charge in [0.05, 0.1) is 7.11 Å². The van der Waals surface area contributed by atoms with Gasteiger partial charge in [-0.3, -0.25) is 0 Å². The van der Waals surface area contributed by atoms with Crippen LogP contribution in [0.5, 0.6) is 11.5 Å². The van der Waals surface area contributed by atoms with Crippen LogP contribution in [0.4, 0.5) is 0 Å². The maximum absolute atomic E-state index is 10.1. The lowest BCUT2D eigenvalue weighted by molar-refractivity contribution is 0.223. The summed E-state index contributed by atoms with van der Waals surface area (Å²) in [7, 11) is 1.66. The van der Waals surface area contributed by atoms with E-state index in [0.29, 0.717) is 5.75 Å². The van der Waals surface area contributed by atoms with Gasteiger partial charge in [-0.2, -0.15) is 0 Å². The van der Waals surface area contributed by atoms with Crippen LogP contribution in [0.25, 0.3) is 0 Å². The van der Waals surface area contributed by atoms with Crippen molar-refractivity contribution in [3.05, 3.63) is 23.3 Å². The molecule has 0 saturated heterocycles. The minimum atomic E-state index is 0.117. The van der Waals surface area contributed by atoms with Crippen LogP contribution in [0, 0.1) is 12.3 Å². The van der Waals surface area contributed by atoms with Crippen molar-refractivity contribution in [2.45, 2.75) is 52.4 Å². The molecule has 1 fully saturated rings. The second kappa shape index (κ2) is 4.18. The van der Waals surface area contributed by atoms with Crippen molar-refractivity contribution in [1.82, 2.24) is 0 Å². The average Bonchev–Trinajstić information content (AvgIpc) is 2.58. The minimum Gasteiger partial charge on any atom is -0.508 e. The molecule has 1 aliphatic carbocycles. The average molecular weight is 248 g/mol. The van der Waals surface area contributed by atoms with E-state index in [1.807, 2.05) is 13.0 Å². The summed E-state index contributed by atoms with van der Waals surface area (Å²) in [5.41, 5.74) is 2.40. The third-order valence-electron chi connectivity index (χ3n) is 5.16.